The molecule has 122 valence electrons. The summed E-state index contributed by atoms with van der Waals surface area (Å²) in [5.74, 6) is -0.0412. The van der Waals surface area contributed by atoms with Gasteiger partial charge in [0.1, 0.15) is 0 Å². The Balaban J connectivity index is 1.67. The Morgan fingerprint density at radius 3 is 2.77 bits per heavy atom. The lowest BCUT2D eigenvalue weighted by atomic mass is 9.94. The average Bonchev–Trinajstić information content (AvgIpc) is 3.17. The summed E-state index contributed by atoms with van der Waals surface area (Å²) in [4.78, 5) is 14.2. The van der Waals surface area contributed by atoms with Crippen molar-refractivity contribution in [2.75, 3.05) is 19.6 Å². The zero-order valence-electron chi connectivity index (χ0n) is 12.1. The molecule has 8 heteroatoms. The van der Waals surface area contributed by atoms with E-state index < -0.39 is 11.9 Å². The van der Waals surface area contributed by atoms with Crippen LogP contribution in [0.15, 0.2) is 6.07 Å². The van der Waals surface area contributed by atoms with Crippen LogP contribution in [0.5, 0.6) is 0 Å². The summed E-state index contributed by atoms with van der Waals surface area (Å²) in [5, 5.41) is 9.00. The summed E-state index contributed by atoms with van der Waals surface area (Å²) in [6.07, 6.45) is -1.05. The molecule has 0 bridgehead atoms. The van der Waals surface area contributed by atoms with Crippen LogP contribution in [-0.4, -0.2) is 46.7 Å². The van der Waals surface area contributed by atoms with Gasteiger partial charge >= 0.3 is 6.18 Å². The first-order chi connectivity index (χ1) is 10.4. The molecule has 2 fully saturated rings. The van der Waals surface area contributed by atoms with Crippen molar-refractivity contribution in [2.45, 2.75) is 43.8 Å². The van der Waals surface area contributed by atoms with Gasteiger partial charge in [0.05, 0.1) is 6.04 Å². The predicted octanol–water partition coefficient (Wildman–Crippen LogP) is 1.89. The highest BCUT2D eigenvalue weighted by molar-refractivity contribution is 5.82. The fourth-order valence-corrected chi connectivity index (χ4v) is 3.24. The minimum Gasteiger partial charge on any atom is -0.341 e. The molecule has 0 aliphatic carbocycles. The number of hydrogen-bond acceptors (Lipinski definition) is 3. The Hall–Kier alpha value is -1.57. The summed E-state index contributed by atoms with van der Waals surface area (Å²) >= 11 is 0. The second kappa shape index (κ2) is 5.91. The van der Waals surface area contributed by atoms with Crippen molar-refractivity contribution >= 4 is 5.91 Å². The quantitative estimate of drug-likeness (QED) is 0.876. The number of aromatic amines is 1. The third kappa shape index (κ3) is 3.11. The van der Waals surface area contributed by atoms with Crippen LogP contribution < -0.4 is 5.32 Å². The first-order valence-corrected chi connectivity index (χ1v) is 7.60. The topological polar surface area (TPSA) is 61.0 Å². The van der Waals surface area contributed by atoms with Crippen LogP contribution >= 0.6 is 0 Å². The maximum Gasteiger partial charge on any atom is 0.435 e. The standard InChI is InChI=1S/C14H19F3N4O/c15-14(16,17)12-7-11(19-20-12)9-3-2-6-21(8-9)13(22)10-4-1-5-18-10/h7,9-10,18H,1-6,8H2,(H,19,20). The van der Waals surface area contributed by atoms with E-state index in [9.17, 15) is 18.0 Å². The van der Waals surface area contributed by atoms with Gasteiger partial charge in [-0.1, -0.05) is 0 Å². The summed E-state index contributed by atoms with van der Waals surface area (Å²) in [6, 6.07) is 0.929. The van der Waals surface area contributed by atoms with E-state index in [1.165, 1.54) is 0 Å². The lowest BCUT2D eigenvalue weighted by Gasteiger charge is -2.33. The number of likely N-dealkylation sites (tertiary alicyclic amines) is 1. The molecule has 1 aromatic rings. The second-order valence-corrected chi connectivity index (χ2v) is 5.98. The zero-order chi connectivity index (χ0) is 15.7. The van der Waals surface area contributed by atoms with Crippen molar-refractivity contribution in [3.05, 3.63) is 17.5 Å². The SMILES string of the molecule is O=C(C1CCCN1)N1CCCC(c2cc(C(F)(F)F)n[nH]2)C1. The number of hydrogen-bond donors (Lipinski definition) is 2. The Morgan fingerprint density at radius 1 is 1.32 bits per heavy atom. The molecule has 2 aliphatic rings. The van der Waals surface area contributed by atoms with Gasteiger partial charge < -0.3 is 10.2 Å². The van der Waals surface area contributed by atoms with Gasteiger partial charge in [-0.25, -0.2) is 0 Å². The molecule has 3 heterocycles. The number of piperidine rings is 1. The van der Waals surface area contributed by atoms with Gasteiger partial charge in [-0.15, -0.1) is 0 Å². The van der Waals surface area contributed by atoms with Crippen molar-refractivity contribution in [3.8, 4) is 0 Å². The minimum atomic E-state index is -4.44. The monoisotopic (exact) mass is 316 g/mol. The van der Waals surface area contributed by atoms with Crippen LogP contribution in [0.3, 0.4) is 0 Å². The van der Waals surface area contributed by atoms with Crippen molar-refractivity contribution in [1.82, 2.24) is 20.4 Å². The fraction of sp³-hybridized carbons (Fsp3) is 0.714. The second-order valence-electron chi connectivity index (χ2n) is 5.98. The number of carbonyl (C=O) groups is 1. The molecule has 0 spiro atoms. The molecule has 0 aromatic carbocycles. The Bertz CT molecular complexity index is 536. The van der Waals surface area contributed by atoms with E-state index in [1.54, 1.807) is 4.90 Å². The Morgan fingerprint density at radius 2 is 2.14 bits per heavy atom. The van der Waals surface area contributed by atoms with Gasteiger partial charge in [0, 0.05) is 24.7 Å². The lowest BCUT2D eigenvalue weighted by Crippen LogP contribution is -2.47. The molecular formula is C14H19F3N4O. The van der Waals surface area contributed by atoms with E-state index in [4.69, 9.17) is 0 Å². The molecule has 2 N–H and O–H groups in total. The van der Waals surface area contributed by atoms with Crippen LogP contribution in [0.2, 0.25) is 0 Å². The predicted molar refractivity (Wildman–Crippen MR) is 73.2 cm³/mol. The molecule has 3 rings (SSSR count). The molecule has 2 saturated heterocycles. The minimum absolute atomic E-state index is 0.0674. The first kappa shape index (κ1) is 15.3. The molecule has 0 saturated carbocycles. The third-order valence-electron chi connectivity index (χ3n) is 4.42. The highest BCUT2D eigenvalue weighted by Gasteiger charge is 2.36. The fourth-order valence-electron chi connectivity index (χ4n) is 3.24. The molecule has 22 heavy (non-hydrogen) atoms. The average molecular weight is 316 g/mol. The van der Waals surface area contributed by atoms with E-state index in [1.807, 2.05) is 0 Å². The molecule has 0 radical (unpaired) electrons. The van der Waals surface area contributed by atoms with E-state index in [0.29, 0.717) is 18.8 Å². The van der Waals surface area contributed by atoms with E-state index in [-0.39, 0.29) is 17.9 Å². The van der Waals surface area contributed by atoms with E-state index in [2.05, 4.69) is 15.5 Å². The van der Waals surface area contributed by atoms with Gasteiger partial charge in [0.15, 0.2) is 5.69 Å². The van der Waals surface area contributed by atoms with Crippen molar-refractivity contribution in [2.24, 2.45) is 0 Å². The number of carbonyl (C=O) groups excluding carboxylic acids is 1. The molecule has 5 nitrogen and oxygen atoms in total. The van der Waals surface area contributed by atoms with Crippen LogP contribution in [0, 0.1) is 0 Å². The number of rotatable bonds is 2. The highest BCUT2D eigenvalue weighted by Crippen LogP contribution is 2.32. The van der Waals surface area contributed by atoms with E-state index >= 15 is 0 Å². The lowest BCUT2D eigenvalue weighted by molar-refractivity contribution is -0.141. The number of alkyl halides is 3. The third-order valence-corrected chi connectivity index (χ3v) is 4.42. The number of nitrogens with one attached hydrogen (secondary N) is 2. The van der Waals surface area contributed by atoms with Gasteiger partial charge in [-0.2, -0.15) is 18.3 Å². The first-order valence-electron chi connectivity index (χ1n) is 7.60. The summed E-state index contributed by atoms with van der Waals surface area (Å²) < 4.78 is 37.9. The number of H-pyrrole nitrogens is 1. The van der Waals surface area contributed by atoms with Crippen LogP contribution in [-0.2, 0) is 11.0 Å². The highest BCUT2D eigenvalue weighted by atomic mass is 19.4. The molecule has 2 aliphatic heterocycles. The molecule has 1 amide bonds. The van der Waals surface area contributed by atoms with Gasteiger partial charge in [-0.3, -0.25) is 9.89 Å². The Kier molecular flexibility index (Phi) is 4.12. The van der Waals surface area contributed by atoms with Gasteiger partial charge in [-0.05, 0) is 38.3 Å². The maximum absolute atomic E-state index is 12.6. The summed E-state index contributed by atoms with van der Waals surface area (Å²) in [6.45, 7) is 1.98. The summed E-state index contributed by atoms with van der Waals surface area (Å²) in [7, 11) is 0. The smallest absolute Gasteiger partial charge is 0.341 e. The number of aromatic nitrogens is 2. The molecule has 2 atom stereocenters. The Labute approximate surface area is 126 Å². The number of nitrogens with zero attached hydrogens (tertiary/aromatic N) is 2. The largest absolute Gasteiger partial charge is 0.435 e. The summed E-state index contributed by atoms with van der Waals surface area (Å²) in [5.41, 5.74) is -0.437. The van der Waals surface area contributed by atoms with Gasteiger partial charge in [0.25, 0.3) is 0 Å². The number of halogens is 3. The zero-order valence-corrected chi connectivity index (χ0v) is 12.1. The van der Waals surface area contributed by atoms with Crippen LogP contribution in [0.25, 0.3) is 0 Å². The maximum atomic E-state index is 12.6. The van der Waals surface area contributed by atoms with Crippen molar-refractivity contribution in [3.63, 3.8) is 0 Å². The van der Waals surface area contributed by atoms with Crippen molar-refractivity contribution < 1.29 is 18.0 Å². The molecular weight excluding hydrogens is 297 g/mol. The van der Waals surface area contributed by atoms with E-state index in [0.717, 1.165) is 38.3 Å². The van der Waals surface area contributed by atoms with Crippen molar-refractivity contribution in [1.29, 1.82) is 0 Å². The van der Waals surface area contributed by atoms with Crippen LogP contribution in [0.4, 0.5) is 13.2 Å². The molecule has 2 unspecified atom stereocenters. The van der Waals surface area contributed by atoms with Gasteiger partial charge in [0.2, 0.25) is 5.91 Å². The number of amides is 1. The molecule has 1 aromatic heterocycles. The normalized spacial score (nSPS) is 26.4. The van der Waals surface area contributed by atoms with Crippen LogP contribution in [0.1, 0.15) is 43.0 Å².